The second-order valence-corrected chi connectivity index (χ2v) is 7.49. The van der Waals surface area contributed by atoms with Crippen molar-refractivity contribution in [3.63, 3.8) is 0 Å². The smallest absolute Gasteiger partial charge is 0.270 e. The number of amides is 1. The molecule has 3 N–H and O–H groups in total. The van der Waals surface area contributed by atoms with Gasteiger partial charge in [-0.1, -0.05) is 0 Å². The van der Waals surface area contributed by atoms with Gasteiger partial charge in [0.15, 0.2) is 0 Å². The molecule has 5 nitrogen and oxygen atoms in total. The Balaban J connectivity index is 1.51. The molecule has 3 atom stereocenters. The highest BCUT2D eigenvalue weighted by molar-refractivity contribution is 7.09. The molecule has 1 saturated carbocycles. The Bertz CT molecular complexity index is 707. The topological polar surface area (TPSA) is 75.0 Å². The number of nitrogens with two attached hydrogens (primary N) is 1. The Morgan fingerprint density at radius 2 is 2.32 bits per heavy atom. The summed E-state index contributed by atoms with van der Waals surface area (Å²) in [5.74, 6) is 1.16. The second-order valence-electron chi connectivity index (χ2n) is 6.43. The number of aromatic amines is 1. The standard InChI is InChI=1S/C16H20N4OS/c1-9-19-15(8-22-9)11-4-14(18-5-11)16(21)20-6-10-2-3-13(17)12(10)7-20/h4-5,8,10,12-13,18H,2-3,6-7,17H2,1H3. The molecule has 4 rings (SSSR count). The third-order valence-corrected chi connectivity index (χ3v) is 5.80. The first-order chi connectivity index (χ1) is 10.6. The van der Waals surface area contributed by atoms with Crippen LogP contribution in [0.25, 0.3) is 11.3 Å². The number of H-pyrrole nitrogens is 1. The third-order valence-electron chi connectivity index (χ3n) is 5.03. The van der Waals surface area contributed by atoms with Gasteiger partial charge in [0.05, 0.1) is 10.7 Å². The number of nitrogens with zero attached hydrogens (tertiary/aromatic N) is 2. The lowest BCUT2D eigenvalue weighted by atomic mass is 9.98. The van der Waals surface area contributed by atoms with E-state index < -0.39 is 0 Å². The molecule has 2 aliphatic rings. The molecule has 1 aliphatic heterocycles. The van der Waals surface area contributed by atoms with Gasteiger partial charge >= 0.3 is 0 Å². The number of rotatable bonds is 2. The van der Waals surface area contributed by atoms with Crippen LogP contribution in [-0.2, 0) is 0 Å². The SMILES string of the molecule is Cc1nc(-c2c[nH]c(C(=O)N3CC4CCC(N)C4C3)c2)cs1. The molecular weight excluding hydrogens is 296 g/mol. The van der Waals surface area contributed by atoms with Crippen LogP contribution in [0.15, 0.2) is 17.6 Å². The quantitative estimate of drug-likeness (QED) is 0.892. The van der Waals surface area contributed by atoms with E-state index in [1.54, 1.807) is 11.3 Å². The van der Waals surface area contributed by atoms with Crippen molar-refractivity contribution >= 4 is 17.2 Å². The summed E-state index contributed by atoms with van der Waals surface area (Å²) >= 11 is 1.62. The number of likely N-dealkylation sites (tertiary alicyclic amines) is 1. The average molecular weight is 316 g/mol. The van der Waals surface area contributed by atoms with Crippen molar-refractivity contribution in [3.8, 4) is 11.3 Å². The fraction of sp³-hybridized carbons (Fsp3) is 0.500. The maximum Gasteiger partial charge on any atom is 0.270 e. The van der Waals surface area contributed by atoms with E-state index >= 15 is 0 Å². The number of hydrogen-bond acceptors (Lipinski definition) is 4. The molecule has 2 aromatic rings. The zero-order chi connectivity index (χ0) is 15.3. The lowest BCUT2D eigenvalue weighted by Crippen LogP contribution is -2.33. The van der Waals surface area contributed by atoms with Crippen LogP contribution in [0.1, 0.15) is 28.3 Å². The normalized spacial score (nSPS) is 27.4. The number of fused-ring (bicyclic) bond motifs is 1. The van der Waals surface area contributed by atoms with Gasteiger partial charge in [-0.15, -0.1) is 11.3 Å². The first-order valence-corrected chi connectivity index (χ1v) is 8.65. The van der Waals surface area contributed by atoms with Gasteiger partial charge in [0.25, 0.3) is 5.91 Å². The summed E-state index contributed by atoms with van der Waals surface area (Å²) in [6.07, 6.45) is 4.13. The van der Waals surface area contributed by atoms with Gasteiger partial charge in [-0.25, -0.2) is 4.98 Å². The summed E-state index contributed by atoms with van der Waals surface area (Å²) in [7, 11) is 0. The predicted octanol–water partition coefficient (Wildman–Crippen LogP) is 2.26. The molecule has 6 heteroatoms. The number of nitrogens with one attached hydrogen (secondary N) is 1. The van der Waals surface area contributed by atoms with E-state index in [9.17, 15) is 4.79 Å². The number of thiazole rings is 1. The Hall–Kier alpha value is -1.66. The minimum absolute atomic E-state index is 0.0831. The highest BCUT2D eigenvalue weighted by Crippen LogP contribution is 2.37. The van der Waals surface area contributed by atoms with Gasteiger partial charge < -0.3 is 15.6 Å². The van der Waals surface area contributed by atoms with Gasteiger partial charge in [-0.2, -0.15) is 0 Å². The monoisotopic (exact) mass is 316 g/mol. The molecule has 1 saturated heterocycles. The number of aryl methyl sites for hydroxylation is 1. The largest absolute Gasteiger partial charge is 0.357 e. The van der Waals surface area contributed by atoms with Crippen LogP contribution in [0, 0.1) is 18.8 Å². The number of aromatic nitrogens is 2. The van der Waals surface area contributed by atoms with Gasteiger partial charge in [0.2, 0.25) is 0 Å². The highest BCUT2D eigenvalue weighted by atomic mass is 32.1. The van der Waals surface area contributed by atoms with Crippen LogP contribution in [0.3, 0.4) is 0 Å². The fourth-order valence-corrected chi connectivity index (χ4v) is 4.43. The summed E-state index contributed by atoms with van der Waals surface area (Å²) in [6.45, 7) is 3.63. The van der Waals surface area contributed by atoms with Crippen molar-refractivity contribution in [2.24, 2.45) is 17.6 Å². The van der Waals surface area contributed by atoms with E-state index in [0.29, 0.717) is 17.5 Å². The van der Waals surface area contributed by atoms with Gasteiger partial charge in [-0.3, -0.25) is 4.79 Å². The van der Waals surface area contributed by atoms with E-state index in [4.69, 9.17) is 5.73 Å². The molecule has 0 bridgehead atoms. The molecule has 3 heterocycles. The average Bonchev–Trinajstić information content (AvgIpc) is 3.23. The van der Waals surface area contributed by atoms with Crippen molar-refractivity contribution in [2.75, 3.05) is 13.1 Å². The molecule has 1 amide bonds. The Labute approximate surface area is 133 Å². The van der Waals surface area contributed by atoms with Crippen LogP contribution in [0.4, 0.5) is 0 Å². The first kappa shape index (κ1) is 14.0. The van der Waals surface area contributed by atoms with Crippen LogP contribution in [-0.4, -0.2) is 39.9 Å². The van der Waals surface area contributed by atoms with E-state index in [2.05, 4.69) is 9.97 Å². The Morgan fingerprint density at radius 3 is 3.05 bits per heavy atom. The first-order valence-electron chi connectivity index (χ1n) is 7.77. The molecule has 116 valence electrons. The lowest BCUT2D eigenvalue weighted by molar-refractivity contribution is 0.0774. The van der Waals surface area contributed by atoms with E-state index in [0.717, 1.165) is 42.2 Å². The lowest BCUT2D eigenvalue weighted by Gasteiger charge is -2.17. The molecule has 22 heavy (non-hydrogen) atoms. The molecule has 0 radical (unpaired) electrons. The van der Waals surface area contributed by atoms with Gasteiger partial charge in [0, 0.05) is 36.3 Å². The van der Waals surface area contributed by atoms with Crippen molar-refractivity contribution in [1.29, 1.82) is 0 Å². The summed E-state index contributed by atoms with van der Waals surface area (Å²) in [5, 5.41) is 3.05. The summed E-state index contributed by atoms with van der Waals surface area (Å²) < 4.78 is 0. The van der Waals surface area contributed by atoms with Crippen molar-refractivity contribution in [3.05, 3.63) is 28.3 Å². The zero-order valence-electron chi connectivity index (χ0n) is 12.6. The summed E-state index contributed by atoms with van der Waals surface area (Å²) in [6, 6.07) is 2.17. The number of carbonyl (C=O) groups is 1. The maximum atomic E-state index is 12.7. The highest BCUT2D eigenvalue weighted by Gasteiger charge is 2.42. The second kappa shape index (κ2) is 5.21. The van der Waals surface area contributed by atoms with E-state index in [1.807, 2.05) is 29.5 Å². The van der Waals surface area contributed by atoms with Crippen LogP contribution >= 0.6 is 11.3 Å². The summed E-state index contributed by atoms with van der Waals surface area (Å²) in [4.78, 5) is 22.2. The minimum atomic E-state index is 0.0831. The van der Waals surface area contributed by atoms with E-state index in [-0.39, 0.29) is 11.9 Å². The zero-order valence-corrected chi connectivity index (χ0v) is 13.4. The van der Waals surface area contributed by atoms with Crippen LogP contribution in [0.5, 0.6) is 0 Å². The van der Waals surface area contributed by atoms with Crippen LogP contribution in [0.2, 0.25) is 0 Å². The third kappa shape index (κ3) is 2.27. The fourth-order valence-electron chi connectivity index (χ4n) is 3.81. The molecular formula is C16H20N4OS. The molecule has 0 spiro atoms. The molecule has 2 aromatic heterocycles. The van der Waals surface area contributed by atoms with Crippen LogP contribution < -0.4 is 5.73 Å². The van der Waals surface area contributed by atoms with E-state index in [1.165, 1.54) is 0 Å². The molecule has 1 aliphatic carbocycles. The number of hydrogen-bond donors (Lipinski definition) is 2. The number of carbonyl (C=O) groups excluding carboxylic acids is 1. The molecule has 0 aromatic carbocycles. The van der Waals surface area contributed by atoms with Gasteiger partial charge in [-0.05, 0) is 37.7 Å². The molecule has 2 fully saturated rings. The van der Waals surface area contributed by atoms with Crippen molar-refractivity contribution in [1.82, 2.24) is 14.9 Å². The predicted molar refractivity (Wildman–Crippen MR) is 86.7 cm³/mol. The maximum absolute atomic E-state index is 12.7. The van der Waals surface area contributed by atoms with Crippen molar-refractivity contribution < 1.29 is 4.79 Å². The van der Waals surface area contributed by atoms with Gasteiger partial charge in [0.1, 0.15) is 5.69 Å². The minimum Gasteiger partial charge on any atom is -0.357 e. The Morgan fingerprint density at radius 1 is 1.45 bits per heavy atom. The summed E-state index contributed by atoms with van der Waals surface area (Å²) in [5.41, 5.74) is 8.70. The Kier molecular flexibility index (Phi) is 3.31. The van der Waals surface area contributed by atoms with Crippen molar-refractivity contribution in [2.45, 2.75) is 25.8 Å². The molecule has 3 unspecified atom stereocenters.